The SMILES string of the molecule is CCOc1cc(-c2nc(Cl)sc2CC(C)(C)C)ccc1Cl. The van der Waals surface area contributed by atoms with Gasteiger partial charge in [0.15, 0.2) is 4.47 Å². The third-order valence-corrected chi connectivity index (χ3v) is 4.34. The zero-order valence-electron chi connectivity index (χ0n) is 12.7. The molecule has 0 unspecified atom stereocenters. The van der Waals surface area contributed by atoms with E-state index in [-0.39, 0.29) is 5.41 Å². The number of benzene rings is 1. The van der Waals surface area contributed by atoms with Crippen LogP contribution in [-0.4, -0.2) is 11.6 Å². The molecular weight excluding hydrogens is 325 g/mol. The topological polar surface area (TPSA) is 22.1 Å². The fourth-order valence-corrected chi connectivity index (χ4v) is 3.71. The summed E-state index contributed by atoms with van der Waals surface area (Å²) in [6.45, 7) is 9.14. The summed E-state index contributed by atoms with van der Waals surface area (Å²) in [5.41, 5.74) is 2.10. The van der Waals surface area contributed by atoms with Crippen LogP contribution in [-0.2, 0) is 6.42 Å². The van der Waals surface area contributed by atoms with Gasteiger partial charge in [0.1, 0.15) is 5.75 Å². The minimum atomic E-state index is 0.180. The summed E-state index contributed by atoms with van der Waals surface area (Å²) in [6, 6.07) is 5.74. The summed E-state index contributed by atoms with van der Waals surface area (Å²) in [4.78, 5) is 5.67. The highest BCUT2D eigenvalue weighted by molar-refractivity contribution is 7.16. The van der Waals surface area contributed by atoms with E-state index in [0.717, 1.165) is 17.7 Å². The predicted molar refractivity (Wildman–Crippen MR) is 91.9 cm³/mol. The number of nitrogens with zero attached hydrogens (tertiary/aromatic N) is 1. The first-order valence-corrected chi connectivity index (χ1v) is 8.45. The molecule has 0 atom stereocenters. The highest BCUT2D eigenvalue weighted by atomic mass is 35.5. The maximum absolute atomic E-state index is 6.15. The van der Waals surface area contributed by atoms with Crippen molar-refractivity contribution >= 4 is 34.5 Å². The monoisotopic (exact) mass is 343 g/mol. The summed E-state index contributed by atoms with van der Waals surface area (Å²) >= 11 is 13.8. The Bertz CT molecular complexity index is 632. The van der Waals surface area contributed by atoms with E-state index in [1.54, 1.807) is 0 Å². The molecule has 0 aliphatic rings. The van der Waals surface area contributed by atoms with Crippen LogP contribution in [0.4, 0.5) is 0 Å². The number of halogens is 2. The number of ether oxygens (including phenoxy) is 1. The van der Waals surface area contributed by atoms with Gasteiger partial charge < -0.3 is 4.74 Å². The lowest BCUT2D eigenvalue weighted by atomic mass is 9.90. The van der Waals surface area contributed by atoms with Crippen molar-refractivity contribution in [2.45, 2.75) is 34.1 Å². The third-order valence-electron chi connectivity index (χ3n) is 2.87. The van der Waals surface area contributed by atoms with Crippen LogP contribution in [0.1, 0.15) is 32.6 Å². The van der Waals surface area contributed by atoms with Crippen LogP contribution < -0.4 is 4.74 Å². The molecule has 0 saturated carbocycles. The lowest BCUT2D eigenvalue weighted by Crippen LogP contribution is -2.08. The van der Waals surface area contributed by atoms with E-state index in [1.165, 1.54) is 16.2 Å². The van der Waals surface area contributed by atoms with Gasteiger partial charge in [0.2, 0.25) is 0 Å². The highest BCUT2D eigenvalue weighted by Gasteiger charge is 2.19. The molecule has 2 aromatic rings. The van der Waals surface area contributed by atoms with Gasteiger partial charge in [0.25, 0.3) is 0 Å². The van der Waals surface area contributed by atoms with Gasteiger partial charge in [-0.05, 0) is 30.9 Å². The average Bonchev–Trinajstić information content (AvgIpc) is 2.71. The molecule has 21 heavy (non-hydrogen) atoms. The highest BCUT2D eigenvalue weighted by Crippen LogP contribution is 2.38. The minimum Gasteiger partial charge on any atom is -0.492 e. The van der Waals surface area contributed by atoms with E-state index in [4.69, 9.17) is 27.9 Å². The van der Waals surface area contributed by atoms with Crippen LogP contribution in [0.5, 0.6) is 5.75 Å². The average molecular weight is 344 g/mol. The fourth-order valence-electron chi connectivity index (χ4n) is 2.07. The van der Waals surface area contributed by atoms with E-state index in [2.05, 4.69) is 25.8 Å². The van der Waals surface area contributed by atoms with E-state index < -0.39 is 0 Å². The molecule has 0 N–H and O–H groups in total. The minimum absolute atomic E-state index is 0.180. The number of hydrogen-bond donors (Lipinski definition) is 0. The van der Waals surface area contributed by atoms with Crippen LogP contribution in [0.3, 0.4) is 0 Å². The van der Waals surface area contributed by atoms with E-state index in [1.807, 2.05) is 25.1 Å². The van der Waals surface area contributed by atoms with Crippen molar-refractivity contribution in [3.8, 4) is 17.0 Å². The summed E-state index contributed by atoms with van der Waals surface area (Å²) in [7, 11) is 0. The lowest BCUT2D eigenvalue weighted by molar-refractivity contribution is 0.340. The first-order chi connectivity index (χ1) is 9.80. The molecule has 2 nitrogen and oxygen atoms in total. The third kappa shape index (κ3) is 4.35. The summed E-state index contributed by atoms with van der Waals surface area (Å²) < 4.78 is 6.12. The number of aromatic nitrogens is 1. The molecule has 114 valence electrons. The zero-order valence-corrected chi connectivity index (χ0v) is 15.0. The van der Waals surface area contributed by atoms with Gasteiger partial charge in [-0.15, -0.1) is 11.3 Å². The zero-order chi connectivity index (χ0) is 15.6. The Morgan fingerprint density at radius 2 is 1.95 bits per heavy atom. The number of thiazole rings is 1. The van der Waals surface area contributed by atoms with Gasteiger partial charge in [-0.3, -0.25) is 0 Å². The predicted octanol–water partition coefficient (Wildman–Crippen LogP) is 6.10. The molecule has 0 amide bonds. The van der Waals surface area contributed by atoms with Crippen molar-refractivity contribution < 1.29 is 4.74 Å². The molecule has 0 fully saturated rings. The molecule has 0 radical (unpaired) electrons. The van der Waals surface area contributed by atoms with Crippen LogP contribution in [0.15, 0.2) is 18.2 Å². The van der Waals surface area contributed by atoms with Crippen molar-refractivity contribution in [1.29, 1.82) is 0 Å². The quantitative estimate of drug-likeness (QED) is 0.668. The van der Waals surface area contributed by atoms with Crippen molar-refractivity contribution in [2.24, 2.45) is 5.41 Å². The second-order valence-corrected chi connectivity index (χ2v) is 8.13. The Morgan fingerprint density at radius 1 is 1.24 bits per heavy atom. The molecule has 1 aromatic carbocycles. The normalized spacial score (nSPS) is 11.7. The first kappa shape index (κ1) is 16.6. The second-order valence-electron chi connectivity index (χ2n) is 6.05. The van der Waals surface area contributed by atoms with Gasteiger partial charge in [0, 0.05) is 10.4 Å². The molecule has 2 rings (SSSR count). The molecule has 0 bridgehead atoms. The first-order valence-electron chi connectivity index (χ1n) is 6.88. The molecule has 1 heterocycles. The van der Waals surface area contributed by atoms with Gasteiger partial charge in [-0.2, -0.15) is 0 Å². The van der Waals surface area contributed by atoms with E-state index in [0.29, 0.717) is 21.8 Å². The van der Waals surface area contributed by atoms with Crippen LogP contribution in [0.25, 0.3) is 11.3 Å². The number of hydrogen-bond acceptors (Lipinski definition) is 3. The van der Waals surface area contributed by atoms with Gasteiger partial charge in [-0.25, -0.2) is 4.98 Å². The summed E-state index contributed by atoms with van der Waals surface area (Å²) in [6.07, 6.45) is 0.930. The van der Waals surface area contributed by atoms with Crippen molar-refractivity contribution in [3.05, 3.63) is 32.6 Å². The standard InChI is InChI=1S/C16H19Cl2NOS/c1-5-20-12-8-10(6-7-11(12)17)14-13(9-16(2,3)4)21-15(18)19-14/h6-8H,5,9H2,1-4H3. The van der Waals surface area contributed by atoms with Crippen molar-refractivity contribution in [3.63, 3.8) is 0 Å². The molecule has 5 heteroatoms. The number of rotatable bonds is 4. The maximum atomic E-state index is 6.15. The second kappa shape index (κ2) is 6.55. The Morgan fingerprint density at radius 3 is 2.57 bits per heavy atom. The van der Waals surface area contributed by atoms with Gasteiger partial charge >= 0.3 is 0 Å². The van der Waals surface area contributed by atoms with Crippen LogP contribution in [0.2, 0.25) is 9.49 Å². The smallest absolute Gasteiger partial charge is 0.184 e. The largest absolute Gasteiger partial charge is 0.492 e. The van der Waals surface area contributed by atoms with Gasteiger partial charge in [-0.1, -0.05) is 50.0 Å². The molecule has 0 aliphatic carbocycles. The molecule has 0 saturated heterocycles. The molecular formula is C16H19Cl2NOS. The lowest BCUT2D eigenvalue weighted by Gasteiger charge is -2.17. The van der Waals surface area contributed by atoms with Crippen molar-refractivity contribution in [1.82, 2.24) is 4.98 Å². The Balaban J connectivity index is 2.44. The Kier molecular flexibility index (Phi) is 5.18. The summed E-state index contributed by atoms with van der Waals surface area (Å²) in [5, 5.41) is 0.610. The Hall–Kier alpha value is -0.770. The maximum Gasteiger partial charge on any atom is 0.184 e. The fraction of sp³-hybridized carbons (Fsp3) is 0.438. The summed E-state index contributed by atoms with van der Waals surface area (Å²) in [5.74, 6) is 0.683. The van der Waals surface area contributed by atoms with E-state index in [9.17, 15) is 0 Å². The molecule has 0 spiro atoms. The van der Waals surface area contributed by atoms with Gasteiger partial charge in [0.05, 0.1) is 17.3 Å². The van der Waals surface area contributed by atoms with Crippen molar-refractivity contribution in [2.75, 3.05) is 6.61 Å². The molecule has 1 aromatic heterocycles. The molecule has 0 aliphatic heterocycles. The van der Waals surface area contributed by atoms with E-state index >= 15 is 0 Å². The van der Waals surface area contributed by atoms with Crippen LogP contribution >= 0.6 is 34.5 Å². The van der Waals surface area contributed by atoms with Crippen LogP contribution in [0, 0.1) is 5.41 Å². The Labute approximate surface area is 140 Å².